The molecule has 0 radical (unpaired) electrons. The number of amides is 1. The molecule has 1 aliphatic heterocycles. The highest BCUT2D eigenvalue weighted by atomic mass is 79.9. The highest BCUT2D eigenvalue weighted by molar-refractivity contribution is 9.09. The lowest BCUT2D eigenvalue weighted by atomic mass is 10.00. The minimum atomic E-state index is -1.18. The number of hydrogen-bond acceptors (Lipinski definition) is 2. The van der Waals surface area contributed by atoms with Gasteiger partial charge in [-0.3, -0.25) is 0 Å². The highest BCUT2D eigenvalue weighted by Crippen LogP contribution is 2.28. The lowest BCUT2D eigenvalue weighted by molar-refractivity contribution is 0.0249. The smallest absolute Gasteiger partial charge is 0.410 e. The van der Waals surface area contributed by atoms with E-state index < -0.39 is 11.3 Å². The van der Waals surface area contributed by atoms with Crippen LogP contribution in [0.5, 0.6) is 0 Å². The van der Waals surface area contributed by atoms with Crippen LogP contribution in [0.3, 0.4) is 0 Å². The lowest BCUT2D eigenvalue weighted by Gasteiger charge is -2.26. The maximum absolute atomic E-state index is 14.1. The number of alkyl halides is 2. The van der Waals surface area contributed by atoms with Crippen molar-refractivity contribution in [1.82, 2.24) is 4.90 Å². The zero-order valence-corrected chi connectivity index (χ0v) is 12.3. The molecule has 100 valence electrons. The minimum Gasteiger partial charge on any atom is -0.444 e. The number of carbonyl (C=O) groups excluding carboxylic acids is 1. The van der Waals surface area contributed by atoms with E-state index in [-0.39, 0.29) is 6.09 Å². The summed E-state index contributed by atoms with van der Waals surface area (Å²) in [6.07, 6.45) is 1.22. The fourth-order valence-electron chi connectivity index (χ4n) is 1.80. The second-order valence-electron chi connectivity index (χ2n) is 5.61. The average molecular weight is 310 g/mol. The maximum Gasteiger partial charge on any atom is 0.410 e. The van der Waals surface area contributed by atoms with Gasteiger partial charge in [0.1, 0.15) is 11.3 Å². The number of hydrogen-bond donors (Lipinski definition) is 0. The van der Waals surface area contributed by atoms with Crippen LogP contribution in [0.2, 0.25) is 0 Å². The first kappa shape index (κ1) is 14.7. The second-order valence-corrected chi connectivity index (χ2v) is 6.17. The zero-order chi connectivity index (χ0) is 13.1. The molecule has 0 bridgehead atoms. The summed E-state index contributed by atoms with van der Waals surface area (Å²) in [7, 11) is 0. The third kappa shape index (κ3) is 4.82. The van der Waals surface area contributed by atoms with E-state index in [1.165, 1.54) is 0 Å². The van der Waals surface area contributed by atoms with Crippen LogP contribution in [0.25, 0.3) is 0 Å². The van der Waals surface area contributed by atoms with E-state index in [0.29, 0.717) is 37.7 Å². The third-order valence-corrected chi connectivity index (χ3v) is 3.78. The molecule has 1 aliphatic rings. The van der Waals surface area contributed by atoms with Gasteiger partial charge in [0.05, 0.1) is 0 Å². The Morgan fingerprint density at radius 2 is 2.06 bits per heavy atom. The Hall–Kier alpha value is -0.320. The normalized spacial score (nSPS) is 26.5. The van der Waals surface area contributed by atoms with E-state index in [9.17, 15) is 9.18 Å². The minimum absolute atomic E-state index is 0.335. The van der Waals surface area contributed by atoms with Gasteiger partial charge in [-0.05, 0) is 40.0 Å². The largest absolute Gasteiger partial charge is 0.444 e. The monoisotopic (exact) mass is 309 g/mol. The highest BCUT2D eigenvalue weighted by Gasteiger charge is 2.33. The Morgan fingerprint density at radius 1 is 1.41 bits per heavy atom. The SMILES string of the molecule is CC(C)(C)OC(=O)N1CCCC(F)(CBr)CC1. The quantitative estimate of drug-likeness (QED) is 0.694. The van der Waals surface area contributed by atoms with E-state index >= 15 is 0 Å². The summed E-state index contributed by atoms with van der Waals surface area (Å²) < 4.78 is 19.4. The van der Waals surface area contributed by atoms with Crippen molar-refractivity contribution in [3.8, 4) is 0 Å². The molecule has 1 saturated heterocycles. The van der Waals surface area contributed by atoms with Gasteiger partial charge in [-0.25, -0.2) is 9.18 Å². The van der Waals surface area contributed by atoms with Crippen molar-refractivity contribution < 1.29 is 13.9 Å². The summed E-state index contributed by atoms with van der Waals surface area (Å²) in [4.78, 5) is 13.4. The van der Waals surface area contributed by atoms with Crippen molar-refractivity contribution >= 4 is 22.0 Å². The van der Waals surface area contributed by atoms with E-state index in [0.717, 1.165) is 0 Å². The van der Waals surface area contributed by atoms with Crippen LogP contribution in [0.4, 0.5) is 9.18 Å². The molecular weight excluding hydrogens is 289 g/mol. The third-order valence-electron chi connectivity index (χ3n) is 2.77. The number of rotatable bonds is 1. The molecule has 0 spiro atoms. The Balaban J connectivity index is 2.54. The molecular formula is C12H21BrFNO2. The Kier molecular flexibility index (Phi) is 4.81. The summed E-state index contributed by atoms with van der Waals surface area (Å²) in [5.74, 6) is 0. The summed E-state index contributed by atoms with van der Waals surface area (Å²) in [6, 6.07) is 0. The van der Waals surface area contributed by atoms with Crippen molar-refractivity contribution in [2.24, 2.45) is 0 Å². The molecule has 0 saturated carbocycles. The molecule has 3 nitrogen and oxygen atoms in total. The van der Waals surface area contributed by atoms with E-state index in [2.05, 4.69) is 15.9 Å². The van der Waals surface area contributed by atoms with Crippen molar-refractivity contribution in [2.45, 2.75) is 51.3 Å². The van der Waals surface area contributed by atoms with Gasteiger partial charge in [-0.2, -0.15) is 0 Å². The van der Waals surface area contributed by atoms with Gasteiger partial charge in [-0.15, -0.1) is 0 Å². The molecule has 1 fully saturated rings. The van der Waals surface area contributed by atoms with E-state index in [1.807, 2.05) is 20.8 Å². The molecule has 1 unspecified atom stereocenters. The first-order chi connectivity index (χ1) is 7.76. The maximum atomic E-state index is 14.1. The van der Waals surface area contributed by atoms with Crippen molar-refractivity contribution in [3.63, 3.8) is 0 Å². The molecule has 17 heavy (non-hydrogen) atoms. The van der Waals surface area contributed by atoms with Crippen LogP contribution in [-0.4, -0.2) is 40.7 Å². The van der Waals surface area contributed by atoms with Crippen molar-refractivity contribution in [3.05, 3.63) is 0 Å². The number of carbonyl (C=O) groups is 1. The average Bonchev–Trinajstić information content (AvgIpc) is 2.39. The van der Waals surface area contributed by atoms with Gasteiger partial charge in [0.25, 0.3) is 0 Å². The van der Waals surface area contributed by atoms with Crippen LogP contribution in [0.15, 0.2) is 0 Å². The predicted molar refractivity (Wildman–Crippen MR) is 69.3 cm³/mol. The zero-order valence-electron chi connectivity index (χ0n) is 10.8. The van der Waals surface area contributed by atoms with Gasteiger partial charge < -0.3 is 9.64 Å². The summed E-state index contributed by atoms with van der Waals surface area (Å²) in [5, 5.41) is 0.335. The van der Waals surface area contributed by atoms with E-state index in [1.54, 1.807) is 4.90 Å². The van der Waals surface area contributed by atoms with Crippen molar-refractivity contribution in [2.75, 3.05) is 18.4 Å². The van der Waals surface area contributed by atoms with Crippen LogP contribution in [0.1, 0.15) is 40.0 Å². The first-order valence-corrected chi connectivity index (χ1v) is 7.11. The Bertz CT molecular complexity index is 280. The van der Waals surface area contributed by atoms with E-state index in [4.69, 9.17) is 4.74 Å². The predicted octanol–water partition coefficient (Wildman–Crippen LogP) is 3.51. The summed E-state index contributed by atoms with van der Waals surface area (Å²) in [6.45, 7) is 6.51. The molecule has 1 heterocycles. The standard InChI is InChI=1S/C12H21BrFNO2/c1-11(2,3)17-10(16)15-7-4-5-12(14,9-13)6-8-15/h4-9H2,1-3H3. The van der Waals surface area contributed by atoms with Gasteiger partial charge >= 0.3 is 6.09 Å². The topological polar surface area (TPSA) is 29.5 Å². The molecule has 1 amide bonds. The number of nitrogens with zero attached hydrogens (tertiary/aromatic N) is 1. The van der Waals surface area contributed by atoms with Gasteiger partial charge in [0.15, 0.2) is 0 Å². The van der Waals surface area contributed by atoms with Gasteiger partial charge in [0, 0.05) is 18.4 Å². The molecule has 1 rings (SSSR count). The Morgan fingerprint density at radius 3 is 2.59 bits per heavy atom. The summed E-state index contributed by atoms with van der Waals surface area (Å²) in [5.41, 5.74) is -1.68. The van der Waals surface area contributed by atoms with Crippen molar-refractivity contribution in [1.29, 1.82) is 0 Å². The molecule has 0 aromatic heterocycles. The first-order valence-electron chi connectivity index (χ1n) is 5.99. The van der Waals surface area contributed by atoms with Crippen LogP contribution >= 0.6 is 15.9 Å². The van der Waals surface area contributed by atoms with Crippen LogP contribution in [-0.2, 0) is 4.74 Å². The second kappa shape index (κ2) is 5.55. The fourth-order valence-corrected chi connectivity index (χ4v) is 2.36. The van der Waals surface area contributed by atoms with Crippen LogP contribution in [0, 0.1) is 0 Å². The lowest BCUT2D eigenvalue weighted by Crippen LogP contribution is -2.38. The van der Waals surface area contributed by atoms with Gasteiger partial charge in [0.2, 0.25) is 0 Å². The van der Waals surface area contributed by atoms with Crippen LogP contribution < -0.4 is 0 Å². The summed E-state index contributed by atoms with van der Waals surface area (Å²) >= 11 is 3.20. The fraction of sp³-hybridized carbons (Fsp3) is 0.917. The number of ether oxygens (including phenoxy) is 1. The number of halogens is 2. The Labute approximate surface area is 111 Å². The molecule has 1 atom stereocenters. The molecule has 0 N–H and O–H groups in total. The number of likely N-dealkylation sites (tertiary alicyclic amines) is 1. The molecule has 0 aliphatic carbocycles. The molecule has 0 aromatic carbocycles. The molecule has 5 heteroatoms. The van der Waals surface area contributed by atoms with Gasteiger partial charge in [-0.1, -0.05) is 15.9 Å². The molecule has 0 aromatic rings.